The fraction of sp³-hybridized carbons (Fsp3) is 0.300. The molecule has 1 atom stereocenters. The van der Waals surface area contributed by atoms with Crippen LogP contribution in [0.15, 0.2) is 42.5 Å². The SMILES string of the molecule is CCC(C)NC(=O)c1ccc(C(=O)Nc2cc(C)ccc2C)cc1. The molecule has 0 spiro atoms. The van der Waals surface area contributed by atoms with Crippen LogP contribution in [0.2, 0.25) is 0 Å². The monoisotopic (exact) mass is 324 g/mol. The molecule has 0 aliphatic rings. The maximum atomic E-state index is 12.4. The molecule has 2 aromatic rings. The van der Waals surface area contributed by atoms with Crippen molar-refractivity contribution in [2.45, 2.75) is 40.2 Å². The number of anilines is 1. The van der Waals surface area contributed by atoms with Crippen LogP contribution in [0, 0.1) is 13.8 Å². The average molecular weight is 324 g/mol. The van der Waals surface area contributed by atoms with Crippen molar-refractivity contribution in [2.24, 2.45) is 0 Å². The van der Waals surface area contributed by atoms with Crippen molar-refractivity contribution in [3.63, 3.8) is 0 Å². The highest BCUT2D eigenvalue weighted by Gasteiger charge is 2.11. The Bertz CT molecular complexity index is 736. The summed E-state index contributed by atoms with van der Waals surface area (Å²) in [5.41, 5.74) is 3.99. The number of aryl methyl sites for hydroxylation is 2. The van der Waals surface area contributed by atoms with Crippen LogP contribution < -0.4 is 10.6 Å². The van der Waals surface area contributed by atoms with E-state index in [2.05, 4.69) is 10.6 Å². The zero-order valence-corrected chi connectivity index (χ0v) is 14.6. The molecular formula is C20H24N2O2. The van der Waals surface area contributed by atoms with E-state index in [4.69, 9.17) is 0 Å². The van der Waals surface area contributed by atoms with E-state index in [0.717, 1.165) is 23.2 Å². The first kappa shape index (κ1) is 17.7. The maximum Gasteiger partial charge on any atom is 0.255 e. The highest BCUT2D eigenvalue weighted by molar-refractivity contribution is 6.05. The summed E-state index contributed by atoms with van der Waals surface area (Å²) in [7, 11) is 0. The highest BCUT2D eigenvalue weighted by Crippen LogP contribution is 2.17. The minimum Gasteiger partial charge on any atom is -0.350 e. The maximum absolute atomic E-state index is 12.4. The third kappa shape index (κ3) is 4.44. The Morgan fingerprint density at radius 2 is 1.54 bits per heavy atom. The lowest BCUT2D eigenvalue weighted by Crippen LogP contribution is -2.31. The van der Waals surface area contributed by atoms with Crippen molar-refractivity contribution in [2.75, 3.05) is 5.32 Å². The summed E-state index contributed by atoms with van der Waals surface area (Å²) in [6, 6.07) is 12.8. The summed E-state index contributed by atoms with van der Waals surface area (Å²) >= 11 is 0. The van der Waals surface area contributed by atoms with Crippen LogP contribution >= 0.6 is 0 Å². The van der Waals surface area contributed by atoms with Gasteiger partial charge in [-0.15, -0.1) is 0 Å². The molecular weight excluding hydrogens is 300 g/mol. The molecule has 0 saturated carbocycles. The van der Waals surface area contributed by atoms with Gasteiger partial charge in [0, 0.05) is 22.9 Å². The first-order valence-electron chi connectivity index (χ1n) is 8.20. The number of benzene rings is 2. The van der Waals surface area contributed by atoms with Crippen molar-refractivity contribution < 1.29 is 9.59 Å². The van der Waals surface area contributed by atoms with E-state index < -0.39 is 0 Å². The molecule has 0 saturated heterocycles. The number of hydrogen-bond acceptors (Lipinski definition) is 2. The molecule has 126 valence electrons. The van der Waals surface area contributed by atoms with Gasteiger partial charge >= 0.3 is 0 Å². The molecule has 2 rings (SSSR count). The largest absolute Gasteiger partial charge is 0.350 e. The second-order valence-corrected chi connectivity index (χ2v) is 6.13. The third-order valence-electron chi connectivity index (χ3n) is 4.04. The van der Waals surface area contributed by atoms with E-state index in [1.165, 1.54) is 0 Å². The fourth-order valence-electron chi connectivity index (χ4n) is 2.25. The Kier molecular flexibility index (Phi) is 5.74. The number of carbonyl (C=O) groups excluding carboxylic acids is 2. The van der Waals surface area contributed by atoms with E-state index in [1.807, 2.05) is 45.9 Å². The molecule has 0 aromatic heterocycles. The van der Waals surface area contributed by atoms with Crippen LogP contribution in [-0.2, 0) is 0 Å². The first-order chi connectivity index (χ1) is 11.4. The van der Waals surface area contributed by atoms with Gasteiger partial charge in [0.05, 0.1) is 0 Å². The molecule has 24 heavy (non-hydrogen) atoms. The molecule has 0 aliphatic carbocycles. The molecule has 2 aromatic carbocycles. The predicted molar refractivity (Wildman–Crippen MR) is 97.5 cm³/mol. The normalized spacial score (nSPS) is 11.7. The lowest BCUT2D eigenvalue weighted by Gasteiger charge is -2.12. The number of carbonyl (C=O) groups is 2. The van der Waals surface area contributed by atoms with Gasteiger partial charge in [0.1, 0.15) is 0 Å². The second-order valence-electron chi connectivity index (χ2n) is 6.13. The van der Waals surface area contributed by atoms with Gasteiger partial charge in [-0.05, 0) is 68.7 Å². The number of amides is 2. The summed E-state index contributed by atoms with van der Waals surface area (Å²) in [5.74, 6) is -0.302. The Labute approximate surface area is 143 Å². The lowest BCUT2D eigenvalue weighted by molar-refractivity contribution is 0.0937. The fourth-order valence-corrected chi connectivity index (χ4v) is 2.25. The molecule has 0 fully saturated rings. The van der Waals surface area contributed by atoms with Crippen LogP contribution in [0.4, 0.5) is 5.69 Å². The standard InChI is InChI=1S/C20H24N2O2/c1-5-15(4)21-19(23)16-8-10-17(11-9-16)20(24)22-18-12-13(2)6-7-14(18)3/h6-12,15H,5H2,1-4H3,(H,21,23)(H,22,24). The third-order valence-corrected chi connectivity index (χ3v) is 4.04. The molecule has 4 nitrogen and oxygen atoms in total. The lowest BCUT2D eigenvalue weighted by atomic mass is 10.1. The predicted octanol–water partition coefficient (Wildman–Crippen LogP) is 4.08. The van der Waals surface area contributed by atoms with Crippen LogP contribution in [0.5, 0.6) is 0 Å². The van der Waals surface area contributed by atoms with Crippen molar-refractivity contribution in [3.05, 3.63) is 64.7 Å². The zero-order valence-electron chi connectivity index (χ0n) is 14.6. The number of nitrogens with one attached hydrogen (secondary N) is 2. The van der Waals surface area contributed by atoms with Gasteiger partial charge in [-0.1, -0.05) is 19.1 Å². The molecule has 0 bridgehead atoms. The minimum atomic E-state index is -0.183. The van der Waals surface area contributed by atoms with Crippen LogP contribution in [0.3, 0.4) is 0 Å². The molecule has 1 unspecified atom stereocenters. The van der Waals surface area contributed by atoms with Gasteiger partial charge in [-0.3, -0.25) is 9.59 Å². The number of rotatable bonds is 5. The Balaban J connectivity index is 2.08. The van der Waals surface area contributed by atoms with Gasteiger partial charge in [0.25, 0.3) is 11.8 Å². The van der Waals surface area contributed by atoms with E-state index in [0.29, 0.717) is 11.1 Å². The second kappa shape index (κ2) is 7.77. The van der Waals surface area contributed by atoms with Crippen molar-refractivity contribution >= 4 is 17.5 Å². The van der Waals surface area contributed by atoms with Gasteiger partial charge in [-0.2, -0.15) is 0 Å². The quantitative estimate of drug-likeness (QED) is 0.870. The van der Waals surface area contributed by atoms with Crippen molar-refractivity contribution in [3.8, 4) is 0 Å². The highest BCUT2D eigenvalue weighted by atomic mass is 16.2. The Morgan fingerprint density at radius 1 is 0.958 bits per heavy atom. The summed E-state index contributed by atoms with van der Waals surface area (Å²) < 4.78 is 0. The van der Waals surface area contributed by atoms with Gasteiger partial charge < -0.3 is 10.6 Å². The molecule has 0 aliphatic heterocycles. The topological polar surface area (TPSA) is 58.2 Å². The summed E-state index contributed by atoms with van der Waals surface area (Å²) in [6.07, 6.45) is 0.877. The zero-order chi connectivity index (χ0) is 17.7. The molecule has 0 radical (unpaired) electrons. The van der Waals surface area contributed by atoms with E-state index in [-0.39, 0.29) is 17.9 Å². The Hall–Kier alpha value is -2.62. The van der Waals surface area contributed by atoms with Gasteiger partial charge in [0.2, 0.25) is 0 Å². The summed E-state index contributed by atoms with van der Waals surface area (Å²) in [4.78, 5) is 24.4. The molecule has 0 heterocycles. The summed E-state index contributed by atoms with van der Waals surface area (Å²) in [6.45, 7) is 7.92. The van der Waals surface area contributed by atoms with Gasteiger partial charge in [0.15, 0.2) is 0 Å². The first-order valence-corrected chi connectivity index (χ1v) is 8.20. The van der Waals surface area contributed by atoms with Crippen LogP contribution in [0.1, 0.15) is 52.1 Å². The summed E-state index contributed by atoms with van der Waals surface area (Å²) in [5, 5.41) is 5.83. The van der Waals surface area contributed by atoms with E-state index in [1.54, 1.807) is 24.3 Å². The van der Waals surface area contributed by atoms with Gasteiger partial charge in [-0.25, -0.2) is 0 Å². The van der Waals surface area contributed by atoms with Crippen LogP contribution in [0.25, 0.3) is 0 Å². The molecule has 4 heteroatoms. The smallest absolute Gasteiger partial charge is 0.255 e. The number of hydrogen-bond donors (Lipinski definition) is 2. The molecule has 2 N–H and O–H groups in total. The van der Waals surface area contributed by atoms with E-state index >= 15 is 0 Å². The average Bonchev–Trinajstić information content (AvgIpc) is 2.58. The minimum absolute atomic E-state index is 0.120. The molecule has 2 amide bonds. The Morgan fingerprint density at radius 3 is 2.12 bits per heavy atom. The van der Waals surface area contributed by atoms with Crippen molar-refractivity contribution in [1.82, 2.24) is 5.32 Å². The van der Waals surface area contributed by atoms with E-state index in [9.17, 15) is 9.59 Å². The van der Waals surface area contributed by atoms with Crippen molar-refractivity contribution in [1.29, 1.82) is 0 Å². The van der Waals surface area contributed by atoms with Crippen LogP contribution in [-0.4, -0.2) is 17.9 Å².